The molecule has 1 heterocycles. The first-order chi connectivity index (χ1) is 19.6. The molecule has 10 heteroatoms. The first kappa shape index (κ1) is 31.6. The number of rotatable bonds is 11. The summed E-state index contributed by atoms with van der Waals surface area (Å²) < 4.78 is 16.6. The lowest BCUT2D eigenvalue weighted by Crippen LogP contribution is -2.40. The molecule has 1 aromatic heterocycles. The van der Waals surface area contributed by atoms with Crippen molar-refractivity contribution in [2.45, 2.75) is 46.6 Å². The van der Waals surface area contributed by atoms with Gasteiger partial charge in [-0.25, -0.2) is 9.78 Å². The molecule has 3 rings (SSSR count). The van der Waals surface area contributed by atoms with Gasteiger partial charge in [0, 0.05) is 27.9 Å². The van der Waals surface area contributed by atoms with Crippen molar-refractivity contribution in [2.24, 2.45) is 5.92 Å². The summed E-state index contributed by atoms with van der Waals surface area (Å²) in [7, 11) is 1.39. The van der Waals surface area contributed by atoms with Crippen molar-refractivity contribution >= 4 is 46.6 Å². The number of hydrogen-bond donors (Lipinski definition) is 1. The number of hydrogen-bond acceptors (Lipinski definition) is 7. The summed E-state index contributed by atoms with van der Waals surface area (Å²) in [5.74, 6) is -1.95. The van der Waals surface area contributed by atoms with Gasteiger partial charge in [-0.2, -0.15) is 0 Å². The first-order valence-electron chi connectivity index (χ1n) is 13.1. The van der Waals surface area contributed by atoms with Gasteiger partial charge in [0.1, 0.15) is 11.8 Å². The number of carbonyl (C=O) groups is 3. The largest absolute Gasteiger partial charge is 0.493 e. The fraction of sp³-hybridized carbons (Fsp3) is 0.290. The fourth-order valence-electron chi connectivity index (χ4n) is 4.08. The molecule has 216 valence electrons. The highest BCUT2D eigenvalue weighted by Gasteiger charge is 2.27. The molecule has 0 spiro atoms. The molecular weight excluding hydrogens is 567 g/mol. The van der Waals surface area contributed by atoms with Gasteiger partial charge >= 0.3 is 11.9 Å². The molecular formula is C31H32Cl2N2O6. The molecule has 0 saturated heterocycles. The lowest BCUT2D eigenvalue weighted by atomic mass is 9.97. The zero-order valence-electron chi connectivity index (χ0n) is 23.5. The summed E-state index contributed by atoms with van der Waals surface area (Å²) in [5, 5.41) is 3.70. The van der Waals surface area contributed by atoms with E-state index in [0.717, 1.165) is 11.1 Å². The number of ether oxygens (including phenoxy) is 3. The number of methoxy groups -OCH3 is 1. The fourth-order valence-corrected chi connectivity index (χ4v) is 4.33. The van der Waals surface area contributed by atoms with Crippen LogP contribution >= 0.6 is 23.2 Å². The number of carbonyl (C=O) groups excluding carboxylic acids is 3. The monoisotopic (exact) mass is 598 g/mol. The number of esters is 2. The molecule has 1 atom stereocenters. The number of pyridine rings is 1. The summed E-state index contributed by atoms with van der Waals surface area (Å²) >= 11 is 12.2. The molecule has 41 heavy (non-hydrogen) atoms. The van der Waals surface area contributed by atoms with Crippen molar-refractivity contribution < 1.29 is 28.6 Å². The third-order valence-corrected chi connectivity index (χ3v) is 6.90. The molecule has 3 aromatic rings. The van der Waals surface area contributed by atoms with E-state index in [1.54, 1.807) is 31.2 Å². The molecule has 0 aliphatic carbocycles. The van der Waals surface area contributed by atoms with Crippen molar-refractivity contribution in [1.82, 2.24) is 10.3 Å². The number of benzene rings is 2. The molecule has 0 aliphatic rings. The van der Waals surface area contributed by atoms with E-state index >= 15 is 0 Å². The van der Waals surface area contributed by atoms with Gasteiger partial charge in [-0.15, -0.1) is 0 Å². The average Bonchev–Trinajstić information content (AvgIpc) is 2.95. The van der Waals surface area contributed by atoms with E-state index in [4.69, 9.17) is 37.4 Å². The van der Waals surface area contributed by atoms with Crippen molar-refractivity contribution in [2.75, 3.05) is 7.11 Å². The topological polar surface area (TPSA) is 104 Å². The lowest BCUT2D eigenvalue weighted by Gasteiger charge is -2.18. The number of halogens is 2. The Balaban J connectivity index is 1.85. The molecule has 0 aliphatic heterocycles. The van der Waals surface area contributed by atoms with Gasteiger partial charge in [0.15, 0.2) is 11.4 Å². The Bertz CT molecular complexity index is 1370. The molecule has 8 nitrogen and oxygen atoms in total. The van der Waals surface area contributed by atoms with Gasteiger partial charge in [0.25, 0.3) is 5.91 Å². The second-order valence-electron chi connectivity index (χ2n) is 9.19. The van der Waals surface area contributed by atoms with E-state index in [0.29, 0.717) is 34.2 Å². The molecule has 0 radical (unpaired) electrons. The molecule has 0 fully saturated rings. The lowest BCUT2D eigenvalue weighted by molar-refractivity contribution is -0.141. The van der Waals surface area contributed by atoms with Crippen molar-refractivity contribution in [3.63, 3.8) is 0 Å². The number of nitrogens with zero attached hydrogens (tertiary/aromatic N) is 1. The Labute approximate surface area is 249 Å². The molecule has 0 bridgehead atoms. The van der Waals surface area contributed by atoms with E-state index in [1.807, 2.05) is 38.1 Å². The van der Waals surface area contributed by atoms with Crippen LogP contribution in [-0.4, -0.2) is 36.0 Å². The van der Waals surface area contributed by atoms with Gasteiger partial charge in [-0.05, 0) is 62.1 Å². The zero-order chi connectivity index (χ0) is 30.1. The Hall–Kier alpha value is -3.88. The Morgan fingerprint density at radius 2 is 1.41 bits per heavy atom. The first-order valence-corrected chi connectivity index (χ1v) is 13.8. The van der Waals surface area contributed by atoms with Crippen LogP contribution in [0.25, 0.3) is 5.57 Å². The highest BCUT2D eigenvalue weighted by atomic mass is 35.5. The van der Waals surface area contributed by atoms with Crippen LogP contribution in [0.15, 0.2) is 66.6 Å². The maximum Gasteiger partial charge on any atom is 0.333 e. The van der Waals surface area contributed by atoms with Crippen LogP contribution in [0, 0.1) is 5.92 Å². The third kappa shape index (κ3) is 8.08. The summed E-state index contributed by atoms with van der Waals surface area (Å²) in [4.78, 5) is 43.1. The minimum atomic E-state index is -1.08. The molecule has 0 saturated carbocycles. The van der Waals surface area contributed by atoms with Crippen molar-refractivity contribution in [3.05, 3.63) is 93.4 Å². The molecule has 1 N–H and O–H groups in total. The van der Waals surface area contributed by atoms with E-state index in [9.17, 15) is 14.4 Å². The third-order valence-electron chi connectivity index (χ3n) is 6.40. The van der Waals surface area contributed by atoms with Crippen LogP contribution in [0.5, 0.6) is 11.5 Å². The van der Waals surface area contributed by atoms with Crippen molar-refractivity contribution in [1.29, 1.82) is 0 Å². The number of aromatic nitrogens is 1. The summed E-state index contributed by atoms with van der Waals surface area (Å²) in [5.41, 5.74) is 1.99. The maximum atomic E-state index is 13.2. The number of amides is 1. The van der Waals surface area contributed by atoms with Crippen molar-refractivity contribution in [3.8, 4) is 11.5 Å². The second-order valence-corrected chi connectivity index (χ2v) is 10.1. The van der Waals surface area contributed by atoms with Crippen LogP contribution < -0.4 is 14.8 Å². The summed E-state index contributed by atoms with van der Waals surface area (Å²) in [6.45, 7) is 6.88. The SMILES string of the molecule is CCC(CC)C(=O)Oc1c(OC)ccnc1C(=O)N[C@@H](C)C(=O)OC(C)=C(c1ccc(Cl)cc1)c1ccc(Cl)cc1. The molecule has 1 amide bonds. The van der Waals surface area contributed by atoms with Crippen LogP contribution in [0.1, 0.15) is 62.2 Å². The van der Waals surface area contributed by atoms with E-state index in [-0.39, 0.29) is 23.1 Å². The Kier molecular flexibility index (Phi) is 11.3. The predicted octanol–water partition coefficient (Wildman–Crippen LogP) is 6.88. The molecule has 2 aromatic carbocycles. The standard InChI is InChI=1S/C31H32Cl2N2O6/c1-6-20(7-2)31(38)41-28-25(39-5)16-17-34-27(28)29(36)35-18(3)30(37)40-19(4)26(21-8-12-23(32)13-9-21)22-10-14-24(33)15-11-22/h8-18,20H,6-7H2,1-5H3,(H,35,36)/t18-/m0/s1. The summed E-state index contributed by atoms with van der Waals surface area (Å²) in [6, 6.07) is 14.6. The van der Waals surface area contributed by atoms with Crippen LogP contribution in [0.3, 0.4) is 0 Å². The Morgan fingerprint density at radius 1 is 0.878 bits per heavy atom. The van der Waals surface area contributed by atoms with Crippen LogP contribution in [0.4, 0.5) is 0 Å². The van der Waals surface area contributed by atoms with E-state index in [1.165, 1.54) is 26.3 Å². The van der Waals surface area contributed by atoms with Gasteiger partial charge < -0.3 is 19.5 Å². The average molecular weight is 600 g/mol. The minimum absolute atomic E-state index is 0.117. The zero-order valence-corrected chi connectivity index (χ0v) is 25.0. The van der Waals surface area contributed by atoms with Crippen LogP contribution in [-0.2, 0) is 14.3 Å². The quantitative estimate of drug-likeness (QED) is 0.189. The van der Waals surface area contributed by atoms with Crippen LogP contribution in [0.2, 0.25) is 10.0 Å². The number of nitrogens with one attached hydrogen (secondary N) is 1. The van der Waals surface area contributed by atoms with Gasteiger partial charge in [-0.3, -0.25) is 9.59 Å². The summed E-state index contributed by atoms with van der Waals surface area (Å²) in [6.07, 6.45) is 2.50. The maximum absolute atomic E-state index is 13.2. The highest BCUT2D eigenvalue weighted by molar-refractivity contribution is 6.31. The smallest absolute Gasteiger partial charge is 0.333 e. The molecule has 0 unspecified atom stereocenters. The van der Waals surface area contributed by atoms with E-state index < -0.39 is 23.9 Å². The normalized spacial score (nSPS) is 11.4. The van der Waals surface area contributed by atoms with Gasteiger partial charge in [-0.1, -0.05) is 61.3 Å². The Morgan fingerprint density at radius 3 is 1.90 bits per heavy atom. The van der Waals surface area contributed by atoms with E-state index in [2.05, 4.69) is 10.3 Å². The second kappa shape index (κ2) is 14.7. The highest BCUT2D eigenvalue weighted by Crippen LogP contribution is 2.32. The predicted molar refractivity (Wildman–Crippen MR) is 158 cm³/mol. The van der Waals surface area contributed by atoms with Gasteiger partial charge in [0.05, 0.1) is 13.0 Å². The minimum Gasteiger partial charge on any atom is -0.493 e. The number of allylic oxidation sites excluding steroid dienone is 1. The van der Waals surface area contributed by atoms with Gasteiger partial charge in [0.2, 0.25) is 5.75 Å².